The van der Waals surface area contributed by atoms with E-state index in [1.807, 2.05) is 30.3 Å². The van der Waals surface area contributed by atoms with Gasteiger partial charge in [0.2, 0.25) is 5.72 Å². The van der Waals surface area contributed by atoms with E-state index in [0.29, 0.717) is 5.02 Å². The number of rotatable bonds is 2. The summed E-state index contributed by atoms with van der Waals surface area (Å²) in [5.41, 5.74) is 2.61. The zero-order valence-electron chi connectivity index (χ0n) is 15.9. The van der Waals surface area contributed by atoms with Crippen molar-refractivity contribution in [3.05, 3.63) is 58.6 Å². The predicted molar refractivity (Wildman–Crippen MR) is 110 cm³/mol. The van der Waals surface area contributed by atoms with Crippen molar-refractivity contribution in [1.29, 1.82) is 0 Å². The largest absolute Gasteiger partial charge is 0.508 e. The van der Waals surface area contributed by atoms with Crippen molar-refractivity contribution >= 4 is 17.3 Å². The van der Waals surface area contributed by atoms with Gasteiger partial charge >= 0.3 is 0 Å². The number of piperidine rings is 1. The molecular weight excluding hydrogens is 374 g/mol. The van der Waals surface area contributed by atoms with Gasteiger partial charge < -0.3 is 14.7 Å². The van der Waals surface area contributed by atoms with E-state index in [9.17, 15) is 5.11 Å². The molecular formula is C22H24ClN3O2. The lowest BCUT2D eigenvalue weighted by atomic mass is 9.90. The second-order valence-corrected chi connectivity index (χ2v) is 8.26. The van der Waals surface area contributed by atoms with Crippen LogP contribution in [0.2, 0.25) is 5.02 Å². The number of hydrazone groups is 1. The van der Waals surface area contributed by atoms with E-state index in [4.69, 9.17) is 21.4 Å². The smallest absolute Gasteiger partial charge is 0.200 e. The Morgan fingerprint density at radius 3 is 2.79 bits per heavy atom. The van der Waals surface area contributed by atoms with Crippen LogP contribution in [0, 0.1) is 0 Å². The average molecular weight is 398 g/mol. The van der Waals surface area contributed by atoms with Crippen molar-refractivity contribution in [2.45, 2.75) is 38.0 Å². The molecule has 0 aromatic heterocycles. The summed E-state index contributed by atoms with van der Waals surface area (Å²) < 4.78 is 6.61. The number of hydrogen-bond donors (Lipinski definition) is 1. The van der Waals surface area contributed by atoms with Gasteiger partial charge in [0, 0.05) is 48.5 Å². The third-order valence-electron chi connectivity index (χ3n) is 6.22. The number of phenolic OH excluding ortho intramolecular Hbond substituents is 1. The molecule has 2 aromatic rings. The van der Waals surface area contributed by atoms with Crippen molar-refractivity contribution in [3.63, 3.8) is 0 Å². The molecule has 3 heterocycles. The SMILES string of the molecule is CCN1CCC2(CC1)Oc1ccc(Cl)cc1[C@H]1CC(c3cccc(O)c3)=NN12. The number of phenols is 1. The summed E-state index contributed by atoms with van der Waals surface area (Å²) in [6, 6.07) is 13.3. The van der Waals surface area contributed by atoms with Gasteiger partial charge in [-0.15, -0.1) is 0 Å². The van der Waals surface area contributed by atoms with Crippen LogP contribution < -0.4 is 4.74 Å². The Hall–Kier alpha value is -2.24. The molecule has 3 aliphatic rings. The maximum absolute atomic E-state index is 9.91. The van der Waals surface area contributed by atoms with Crippen molar-refractivity contribution in [2.75, 3.05) is 19.6 Å². The molecule has 146 valence electrons. The van der Waals surface area contributed by atoms with E-state index in [1.165, 1.54) is 0 Å². The van der Waals surface area contributed by atoms with Gasteiger partial charge in [-0.3, -0.25) is 0 Å². The number of hydrogen-bond acceptors (Lipinski definition) is 5. The standard InChI is InChI=1S/C22H24ClN3O2/c1-2-25-10-8-22(9-11-25)26-20(18-13-16(23)6-7-21(18)28-22)14-19(24-26)15-4-3-5-17(27)12-15/h3-7,12-13,20,27H,2,8-11,14H2,1H3/t20-/m1/s1. The molecule has 0 amide bonds. The van der Waals surface area contributed by atoms with Gasteiger partial charge in [0.05, 0.1) is 11.8 Å². The predicted octanol–water partition coefficient (Wildman–Crippen LogP) is 4.40. The molecule has 0 aliphatic carbocycles. The minimum Gasteiger partial charge on any atom is -0.508 e. The van der Waals surface area contributed by atoms with Gasteiger partial charge in [-0.2, -0.15) is 5.10 Å². The Morgan fingerprint density at radius 1 is 1.21 bits per heavy atom. The van der Waals surface area contributed by atoms with E-state index in [2.05, 4.69) is 16.8 Å². The fourth-order valence-electron chi connectivity index (χ4n) is 4.66. The summed E-state index contributed by atoms with van der Waals surface area (Å²) in [5.74, 6) is 1.18. The number of likely N-dealkylation sites (tertiary alicyclic amines) is 1. The molecule has 0 unspecified atom stereocenters. The van der Waals surface area contributed by atoms with E-state index in [-0.39, 0.29) is 11.8 Å². The average Bonchev–Trinajstić information content (AvgIpc) is 3.16. The Balaban J connectivity index is 1.57. The van der Waals surface area contributed by atoms with Crippen LogP contribution in [0.4, 0.5) is 0 Å². The van der Waals surface area contributed by atoms with Gasteiger partial charge in [-0.25, -0.2) is 5.01 Å². The Bertz CT molecular complexity index is 937. The number of aromatic hydroxyl groups is 1. The number of fused-ring (bicyclic) bond motifs is 4. The highest BCUT2D eigenvalue weighted by Gasteiger charge is 2.51. The molecule has 1 N–H and O–H groups in total. The summed E-state index contributed by atoms with van der Waals surface area (Å²) >= 11 is 6.31. The molecule has 1 spiro atoms. The van der Waals surface area contributed by atoms with Gasteiger partial charge in [0.25, 0.3) is 0 Å². The summed E-state index contributed by atoms with van der Waals surface area (Å²) in [4.78, 5) is 2.46. The van der Waals surface area contributed by atoms with E-state index in [1.54, 1.807) is 12.1 Å². The highest BCUT2D eigenvalue weighted by molar-refractivity contribution is 6.30. The summed E-state index contributed by atoms with van der Waals surface area (Å²) in [6.45, 7) is 5.26. The molecule has 0 radical (unpaired) electrons. The normalized spacial score (nSPS) is 23.1. The van der Waals surface area contributed by atoms with Crippen LogP contribution in [0.15, 0.2) is 47.6 Å². The van der Waals surface area contributed by atoms with Crippen molar-refractivity contribution < 1.29 is 9.84 Å². The fourth-order valence-corrected chi connectivity index (χ4v) is 4.84. The molecule has 0 saturated carbocycles. The molecule has 2 aromatic carbocycles. The molecule has 0 bridgehead atoms. The minimum absolute atomic E-state index is 0.105. The first-order chi connectivity index (χ1) is 13.6. The Morgan fingerprint density at radius 2 is 2.04 bits per heavy atom. The lowest BCUT2D eigenvalue weighted by molar-refractivity contribution is -0.149. The topological polar surface area (TPSA) is 48.3 Å². The second-order valence-electron chi connectivity index (χ2n) is 7.83. The Labute approximate surface area is 170 Å². The first-order valence-electron chi connectivity index (χ1n) is 9.95. The van der Waals surface area contributed by atoms with Crippen LogP contribution in [0.1, 0.15) is 43.4 Å². The van der Waals surface area contributed by atoms with Crippen molar-refractivity contribution in [1.82, 2.24) is 9.91 Å². The monoisotopic (exact) mass is 397 g/mol. The first-order valence-corrected chi connectivity index (χ1v) is 10.3. The lowest BCUT2D eigenvalue weighted by Crippen LogP contribution is -2.59. The summed E-state index contributed by atoms with van der Waals surface area (Å²) in [6.07, 6.45) is 2.60. The zero-order chi connectivity index (χ0) is 19.3. The van der Waals surface area contributed by atoms with Gasteiger partial charge in [0.1, 0.15) is 11.5 Å². The van der Waals surface area contributed by atoms with E-state index in [0.717, 1.165) is 61.5 Å². The van der Waals surface area contributed by atoms with Crippen LogP contribution in [0.5, 0.6) is 11.5 Å². The van der Waals surface area contributed by atoms with Gasteiger partial charge in [0.15, 0.2) is 0 Å². The fraction of sp³-hybridized carbons (Fsp3) is 0.409. The number of ether oxygens (including phenoxy) is 1. The van der Waals surface area contributed by atoms with Crippen LogP contribution in [0.3, 0.4) is 0 Å². The third kappa shape index (κ3) is 2.85. The number of halogens is 1. The van der Waals surface area contributed by atoms with Crippen LogP contribution in [0.25, 0.3) is 0 Å². The molecule has 6 heteroatoms. The minimum atomic E-state index is -0.421. The zero-order valence-corrected chi connectivity index (χ0v) is 16.7. The maximum atomic E-state index is 9.91. The third-order valence-corrected chi connectivity index (χ3v) is 6.46. The highest BCUT2D eigenvalue weighted by Crippen LogP contribution is 2.50. The van der Waals surface area contributed by atoms with Gasteiger partial charge in [-0.1, -0.05) is 30.7 Å². The molecule has 3 aliphatic heterocycles. The molecule has 5 nitrogen and oxygen atoms in total. The molecule has 1 fully saturated rings. The molecule has 5 rings (SSSR count). The quantitative estimate of drug-likeness (QED) is 0.815. The lowest BCUT2D eigenvalue weighted by Gasteiger charge is -2.51. The van der Waals surface area contributed by atoms with Crippen LogP contribution in [-0.4, -0.2) is 46.1 Å². The number of benzene rings is 2. The van der Waals surface area contributed by atoms with Crippen molar-refractivity contribution in [3.8, 4) is 11.5 Å². The maximum Gasteiger partial charge on any atom is 0.200 e. The van der Waals surface area contributed by atoms with Crippen LogP contribution >= 0.6 is 11.6 Å². The Kier molecular flexibility index (Phi) is 4.25. The molecule has 1 saturated heterocycles. The first kappa shape index (κ1) is 17.8. The van der Waals surface area contributed by atoms with Crippen molar-refractivity contribution in [2.24, 2.45) is 5.10 Å². The number of nitrogens with zero attached hydrogens (tertiary/aromatic N) is 3. The van der Waals surface area contributed by atoms with Gasteiger partial charge in [-0.05, 0) is 36.9 Å². The second kappa shape index (κ2) is 6.68. The molecule has 28 heavy (non-hydrogen) atoms. The van der Waals surface area contributed by atoms with E-state index < -0.39 is 5.72 Å². The highest BCUT2D eigenvalue weighted by atomic mass is 35.5. The van der Waals surface area contributed by atoms with Crippen LogP contribution in [-0.2, 0) is 0 Å². The van der Waals surface area contributed by atoms with E-state index >= 15 is 0 Å². The molecule has 1 atom stereocenters. The summed E-state index contributed by atoms with van der Waals surface area (Å²) in [7, 11) is 0. The summed E-state index contributed by atoms with van der Waals surface area (Å²) in [5, 5.41) is 17.8.